The van der Waals surface area contributed by atoms with Gasteiger partial charge in [0.05, 0.1) is 12.7 Å². The van der Waals surface area contributed by atoms with E-state index in [1.165, 1.54) is 24.8 Å². The van der Waals surface area contributed by atoms with Crippen molar-refractivity contribution in [1.82, 2.24) is 0 Å². The summed E-state index contributed by atoms with van der Waals surface area (Å²) < 4.78 is 25.7. The predicted molar refractivity (Wildman–Crippen MR) is 113 cm³/mol. The third kappa shape index (κ3) is 5.81. The molecule has 1 aliphatic rings. The van der Waals surface area contributed by atoms with Crippen molar-refractivity contribution in [3.8, 4) is 16.9 Å². The first-order valence-electron chi connectivity index (χ1n) is 10.7. The highest BCUT2D eigenvalue weighted by Gasteiger charge is 2.21. The molecule has 0 unspecified atom stereocenters. The van der Waals surface area contributed by atoms with Crippen molar-refractivity contribution >= 4 is 0 Å². The molecule has 0 N–H and O–H groups in total. The molecule has 3 heteroatoms. The van der Waals surface area contributed by atoms with Gasteiger partial charge in [-0.15, -0.1) is 0 Å². The Hall–Kier alpha value is -1.87. The van der Waals surface area contributed by atoms with Crippen LogP contribution >= 0.6 is 0 Å². The molecule has 0 spiro atoms. The van der Waals surface area contributed by atoms with E-state index in [1.807, 2.05) is 6.07 Å². The van der Waals surface area contributed by atoms with Crippen LogP contribution in [-0.2, 0) is 11.2 Å². The van der Waals surface area contributed by atoms with Crippen molar-refractivity contribution in [3.63, 3.8) is 0 Å². The molecule has 2 nitrogen and oxygen atoms in total. The van der Waals surface area contributed by atoms with Gasteiger partial charge in [-0.2, -0.15) is 0 Å². The highest BCUT2D eigenvalue weighted by atomic mass is 19.1. The molecule has 2 aromatic rings. The lowest BCUT2D eigenvalue weighted by Gasteiger charge is -2.27. The van der Waals surface area contributed by atoms with E-state index in [0.717, 1.165) is 43.2 Å². The van der Waals surface area contributed by atoms with Gasteiger partial charge in [-0.25, -0.2) is 4.39 Å². The Balaban J connectivity index is 1.55. The molecule has 0 heterocycles. The van der Waals surface area contributed by atoms with Crippen molar-refractivity contribution in [2.24, 2.45) is 5.92 Å². The number of ether oxygens (including phenoxy) is 2. The first-order valence-corrected chi connectivity index (χ1v) is 10.7. The minimum Gasteiger partial charge on any atom is -0.490 e. The van der Waals surface area contributed by atoms with Crippen LogP contribution in [0.3, 0.4) is 0 Å². The van der Waals surface area contributed by atoms with Crippen LogP contribution in [0.2, 0.25) is 0 Å². The predicted octanol–water partition coefficient (Wildman–Crippen LogP) is 6.81. The molecule has 0 radical (unpaired) electrons. The van der Waals surface area contributed by atoms with Gasteiger partial charge in [-0.3, -0.25) is 0 Å². The summed E-state index contributed by atoms with van der Waals surface area (Å²) in [5.74, 6) is 0.564. The Morgan fingerprint density at radius 2 is 1.64 bits per heavy atom. The van der Waals surface area contributed by atoms with Crippen LogP contribution in [-0.4, -0.2) is 19.8 Å². The summed E-state index contributed by atoms with van der Waals surface area (Å²) in [6.07, 6.45) is 9.53. The van der Waals surface area contributed by atoms with E-state index < -0.39 is 0 Å². The van der Waals surface area contributed by atoms with Crippen molar-refractivity contribution in [2.75, 3.05) is 13.7 Å². The molecule has 1 fully saturated rings. The van der Waals surface area contributed by atoms with Crippen LogP contribution in [0.25, 0.3) is 11.1 Å². The monoisotopic (exact) mass is 384 g/mol. The molecule has 0 aromatic heterocycles. The normalized spacial score (nSPS) is 19.5. The number of unbranched alkanes of at least 4 members (excludes halogenated alkanes) is 2. The topological polar surface area (TPSA) is 18.5 Å². The Bertz CT molecular complexity index is 718. The van der Waals surface area contributed by atoms with Crippen LogP contribution in [0.5, 0.6) is 5.75 Å². The highest BCUT2D eigenvalue weighted by Crippen LogP contribution is 2.29. The minimum atomic E-state index is -0.282. The molecule has 2 aromatic carbocycles. The number of benzene rings is 2. The summed E-state index contributed by atoms with van der Waals surface area (Å²) in [4.78, 5) is 0. The fourth-order valence-electron chi connectivity index (χ4n) is 3.98. The molecule has 0 bridgehead atoms. The van der Waals surface area contributed by atoms with Gasteiger partial charge in [0.1, 0.15) is 0 Å². The van der Waals surface area contributed by atoms with Gasteiger partial charge in [0.25, 0.3) is 0 Å². The molecular formula is C25H33FO2. The van der Waals surface area contributed by atoms with E-state index in [4.69, 9.17) is 9.47 Å². The fraction of sp³-hybridized carbons (Fsp3) is 0.520. The molecule has 1 aliphatic carbocycles. The Morgan fingerprint density at radius 3 is 2.29 bits per heavy atom. The first kappa shape index (κ1) is 20.9. The lowest BCUT2D eigenvalue weighted by molar-refractivity contribution is 0.0478. The standard InChI is InChI=1S/C25H33FO2/c1-3-4-5-6-19-7-11-21(12-8-19)22-13-16-25(24(26)17-22)28-18-20-9-14-23(27-2)15-10-20/h7-8,11-13,16-17,20,23H,3-6,9-10,14-15,18H2,1-2H3. The Morgan fingerprint density at radius 1 is 0.929 bits per heavy atom. The SMILES string of the molecule is CCCCCc1ccc(-c2ccc(OCC3CCC(OC)CC3)c(F)c2)cc1. The van der Waals surface area contributed by atoms with E-state index in [0.29, 0.717) is 24.4 Å². The van der Waals surface area contributed by atoms with E-state index >= 15 is 0 Å². The van der Waals surface area contributed by atoms with Gasteiger partial charge in [0.15, 0.2) is 11.6 Å². The van der Waals surface area contributed by atoms with E-state index in [-0.39, 0.29) is 5.82 Å². The van der Waals surface area contributed by atoms with Gasteiger partial charge in [0.2, 0.25) is 0 Å². The maximum absolute atomic E-state index is 14.5. The smallest absolute Gasteiger partial charge is 0.165 e. The average molecular weight is 385 g/mol. The summed E-state index contributed by atoms with van der Waals surface area (Å²) in [7, 11) is 1.78. The first-order chi connectivity index (χ1) is 13.7. The van der Waals surface area contributed by atoms with Crippen LogP contribution < -0.4 is 4.74 Å². The van der Waals surface area contributed by atoms with Crippen molar-refractivity contribution in [2.45, 2.75) is 64.4 Å². The average Bonchev–Trinajstić information content (AvgIpc) is 2.74. The van der Waals surface area contributed by atoms with Crippen LogP contribution in [0, 0.1) is 11.7 Å². The van der Waals surface area contributed by atoms with Crippen LogP contribution in [0.15, 0.2) is 42.5 Å². The Labute approximate surface area is 169 Å². The molecule has 0 amide bonds. The number of halogens is 1. The molecular weight excluding hydrogens is 351 g/mol. The molecule has 152 valence electrons. The second-order valence-corrected chi connectivity index (χ2v) is 7.99. The maximum Gasteiger partial charge on any atom is 0.165 e. The maximum atomic E-state index is 14.5. The third-order valence-corrected chi connectivity index (χ3v) is 5.89. The van der Waals surface area contributed by atoms with Gasteiger partial charge in [0, 0.05) is 7.11 Å². The molecule has 0 saturated heterocycles. The highest BCUT2D eigenvalue weighted by molar-refractivity contribution is 5.64. The van der Waals surface area contributed by atoms with Gasteiger partial charge < -0.3 is 9.47 Å². The zero-order chi connectivity index (χ0) is 19.8. The van der Waals surface area contributed by atoms with Crippen molar-refractivity contribution in [1.29, 1.82) is 0 Å². The largest absolute Gasteiger partial charge is 0.490 e. The van der Waals surface area contributed by atoms with Crippen molar-refractivity contribution in [3.05, 3.63) is 53.8 Å². The quantitative estimate of drug-likeness (QED) is 0.442. The molecule has 28 heavy (non-hydrogen) atoms. The Kier molecular flexibility index (Phi) is 7.90. The van der Waals surface area contributed by atoms with Crippen molar-refractivity contribution < 1.29 is 13.9 Å². The van der Waals surface area contributed by atoms with E-state index in [9.17, 15) is 4.39 Å². The number of methoxy groups -OCH3 is 1. The lowest BCUT2D eigenvalue weighted by atomic mass is 9.88. The molecule has 1 saturated carbocycles. The lowest BCUT2D eigenvalue weighted by Crippen LogP contribution is -2.24. The van der Waals surface area contributed by atoms with E-state index in [1.54, 1.807) is 19.2 Å². The summed E-state index contributed by atoms with van der Waals surface area (Å²) in [6.45, 7) is 2.80. The number of hydrogen-bond acceptors (Lipinski definition) is 2. The van der Waals surface area contributed by atoms with Gasteiger partial charge >= 0.3 is 0 Å². The summed E-state index contributed by atoms with van der Waals surface area (Å²) >= 11 is 0. The zero-order valence-electron chi connectivity index (χ0n) is 17.3. The number of aryl methyl sites for hydroxylation is 1. The summed E-state index contributed by atoms with van der Waals surface area (Å²) in [5.41, 5.74) is 3.29. The number of hydrogen-bond donors (Lipinski definition) is 0. The summed E-state index contributed by atoms with van der Waals surface area (Å²) in [5, 5.41) is 0. The molecule has 0 aliphatic heterocycles. The van der Waals surface area contributed by atoms with Gasteiger partial charge in [-0.05, 0) is 73.3 Å². The van der Waals surface area contributed by atoms with Crippen LogP contribution in [0.4, 0.5) is 4.39 Å². The fourth-order valence-corrected chi connectivity index (χ4v) is 3.98. The third-order valence-electron chi connectivity index (χ3n) is 5.89. The van der Waals surface area contributed by atoms with E-state index in [2.05, 4.69) is 31.2 Å². The number of rotatable bonds is 9. The van der Waals surface area contributed by atoms with Crippen LogP contribution in [0.1, 0.15) is 57.4 Å². The second-order valence-electron chi connectivity index (χ2n) is 7.99. The second kappa shape index (κ2) is 10.6. The van der Waals surface area contributed by atoms with Gasteiger partial charge in [-0.1, -0.05) is 50.1 Å². The molecule has 0 atom stereocenters. The summed E-state index contributed by atoms with van der Waals surface area (Å²) in [6, 6.07) is 13.8. The zero-order valence-corrected chi connectivity index (χ0v) is 17.3. The molecule has 3 rings (SSSR count). The minimum absolute atomic E-state index is 0.282.